The summed E-state index contributed by atoms with van der Waals surface area (Å²) in [5, 5.41) is 0.485. The number of aromatic nitrogens is 2. The molecule has 0 aliphatic carbocycles. The molecule has 31 heavy (non-hydrogen) atoms. The van der Waals surface area contributed by atoms with Gasteiger partial charge < -0.3 is 4.74 Å². The highest BCUT2D eigenvalue weighted by Crippen LogP contribution is 2.29. The zero-order valence-electron chi connectivity index (χ0n) is 18.3. The Morgan fingerprint density at radius 1 is 1.10 bits per heavy atom. The Kier molecular flexibility index (Phi) is 5.79. The number of hydrogen-bond donors (Lipinski definition) is 0. The Bertz CT molecular complexity index is 1250. The summed E-state index contributed by atoms with van der Waals surface area (Å²) in [4.78, 5) is 44.1. The number of rotatable bonds is 4. The van der Waals surface area contributed by atoms with Gasteiger partial charge >= 0.3 is 5.97 Å². The second kappa shape index (κ2) is 8.38. The van der Waals surface area contributed by atoms with Crippen LogP contribution in [-0.2, 0) is 17.7 Å². The molecule has 0 unspecified atom stereocenters. The van der Waals surface area contributed by atoms with Gasteiger partial charge in [0.15, 0.2) is 6.61 Å². The molecular formula is C24H26N2O4S. The molecule has 1 aliphatic heterocycles. The second-order valence-corrected chi connectivity index (χ2v) is 9.30. The number of thiophene rings is 1. The molecule has 0 atom stereocenters. The van der Waals surface area contributed by atoms with E-state index in [0.717, 1.165) is 48.2 Å². The van der Waals surface area contributed by atoms with Crippen LogP contribution < -0.4 is 5.56 Å². The number of Topliss-reactive ketones (excluding diaryl/α,β-unsaturated/α-hetero) is 1. The molecule has 0 saturated heterocycles. The summed E-state index contributed by atoms with van der Waals surface area (Å²) in [7, 11) is 0. The van der Waals surface area contributed by atoms with E-state index in [4.69, 9.17) is 4.74 Å². The largest absolute Gasteiger partial charge is 0.453 e. The lowest BCUT2D eigenvalue weighted by Gasteiger charge is -2.10. The molecule has 3 heterocycles. The average molecular weight is 439 g/mol. The van der Waals surface area contributed by atoms with Crippen LogP contribution in [0.2, 0.25) is 0 Å². The van der Waals surface area contributed by atoms with Gasteiger partial charge in [0.2, 0.25) is 5.78 Å². The van der Waals surface area contributed by atoms with E-state index in [1.807, 2.05) is 32.9 Å². The fourth-order valence-electron chi connectivity index (χ4n) is 4.49. The Morgan fingerprint density at radius 2 is 1.81 bits per heavy atom. The molecule has 6 nitrogen and oxygen atoms in total. The van der Waals surface area contributed by atoms with Crippen molar-refractivity contribution in [2.45, 2.75) is 59.9 Å². The second-order valence-electron chi connectivity index (χ2n) is 8.30. The summed E-state index contributed by atoms with van der Waals surface area (Å²) in [6, 6.07) is 3.89. The molecule has 3 aromatic rings. The maximum Gasteiger partial charge on any atom is 0.349 e. The monoisotopic (exact) mass is 438 g/mol. The van der Waals surface area contributed by atoms with Crippen molar-refractivity contribution in [3.8, 4) is 0 Å². The Hall–Kier alpha value is -2.80. The Morgan fingerprint density at radius 3 is 2.52 bits per heavy atom. The van der Waals surface area contributed by atoms with Gasteiger partial charge in [-0.2, -0.15) is 0 Å². The number of benzene rings is 1. The highest BCUT2D eigenvalue weighted by atomic mass is 32.1. The van der Waals surface area contributed by atoms with Crippen molar-refractivity contribution in [3.63, 3.8) is 0 Å². The smallest absolute Gasteiger partial charge is 0.349 e. The summed E-state index contributed by atoms with van der Waals surface area (Å²) < 4.78 is 7.11. The van der Waals surface area contributed by atoms with Gasteiger partial charge in [-0.3, -0.25) is 14.2 Å². The van der Waals surface area contributed by atoms with Crippen LogP contribution in [0.4, 0.5) is 0 Å². The predicted molar refractivity (Wildman–Crippen MR) is 121 cm³/mol. The number of fused-ring (bicyclic) bond motifs is 2. The van der Waals surface area contributed by atoms with E-state index in [1.54, 1.807) is 11.5 Å². The normalized spacial score (nSPS) is 13.7. The van der Waals surface area contributed by atoms with Gasteiger partial charge in [-0.1, -0.05) is 24.1 Å². The fraction of sp³-hybridized carbons (Fsp3) is 0.417. The summed E-state index contributed by atoms with van der Waals surface area (Å²) in [6.07, 6.45) is 3.82. The maximum absolute atomic E-state index is 13.1. The van der Waals surface area contributed by atoms with E-state index in [9.17, 15) is 14.4 Å². The minimum atomic E-state index is -0.587. The van der Waals surface area contributed by atoms with E-state index in [-0.39, 0.29) is 17.9 Å². The van der Waals surface area contributed by atoms with Gasteiger partial charge in [0.1, 0.15) is 15.5 Å². The molecule has 0 bridgehead atoms. The molecule has 0 N–H and O–H groups in total. The molecule has 0 fully saturated rings. The number of carbonyl (C=O) groups is 2. The molecule has 0 saturated carbocycles. The molecular weight excluding hydrogens is 412 g/mol. The van der Waals surface area contributed by atoms with Crippen molar-refractivity contribution in [2.75, 3.05) is 6.61 Å². The molecule has 1 aromatic carbocycles. The average Bonchev–Trinajstić information content (AvgIpc) is 2.86. The Balaban J connectivity index is 1.60. The summed E-state index contributed by atoms with van der Waals surface area (Å²) in [5.41, 5.74) is 3.91. The van der Waals surface area contributed by atoms with Gasteiger partial charge in [-0.25, -0.2) is 9.78 Å². The van der Waals surface area contributed by atoms with Gasteiger partial charge in [0.25, 0.3) is 5.56 Å². The van der Waals surface area contributed by atoms with Crippen LogP contribution in [0.5, 0.6) is 0 Å². The molecule has 7 heteroatoms. The van der Waals surface area contributed by atoms with Gasteiger partial charge in [0, 0.05) is 18.5 Å². The third kappa shape index (κ3) is 3.94. The van der Waals surface area contributed by atoms with Crippen molar-refractivity contribution >= 4 is 33.3 Å². The number of hydrogen-bond acceptors (Lipinski definition) is 6. The first-order valence-electron chi connectivity index (χ1n) is 10.6. The molecule has 0 radical (unpaired) electrons. The number of nitrogens with zero attached hydrogens (tertiary/aromatic N) is 2. The molecule has 1 aliphatic rings. The topological polar surface area (TPSA) is 78.3 Å². The lowest BCUT2D eigenvalue weighted by molar-refractivity contribution is 0.0478. The van der Waals surface area contributed by atoms with Crippen molar-refractivity contribution < 1.29 is 14.3 Å². The first kappa shape index (κ1) is 21.4. The zero-order chi connectivity index (χ0) is 22.3. The zero-order valence-corrected chi connectivity index (χ0v) is 19.1. The van der Waals surface area contributed by atoms with Crippen molar-refractivity contribution in [1.82, 2.24) is 9.55 Å². The number of carbonyl (C=O) groups excluding carboxylic acids is 2. The van der Waals surface area contributed by atoms with Crippen LogP contribution >= 0.6 is 11.3 Å². The highest BCUT2D eigenvalue weighted by molar-refractivity contribution is 7.20. The quantitative estimate of drug-likeness (QED) is 0.444. The van der Waals surface area contributed by atoms with Crippen LogP contribution in [0.15, 0.2) is 16.9 Å². The van der Waals surface area contributed by atoms with E-state index >= 15 is 0 Å². The number of ketones is 1. The highest BCUT2D eigenvalue weighted by Gasteiger charge is 2.24. The number of esters is 1. The molecule has 162 valence electrons. The predicted octanol–water partition coefficient (Wildman–Crippen LogP) is 4.46. The van der Waals surface area contributed by atoms with Crippen LogP contribution in [-0.4, -0.2) is 27.9 Å². The van der Waals surface area contributed by atoms with E-state index in [0.29, 0.717) is 32.8 Å². The third-order valence-electron chi connectivity index (χ3n) is 5.89. The van der Waals surface area contributed by atoms with E-state index in [2.05, 4.69) is 4.98 Å². The first-order chi connectivity index (χ1) is 14.8. The lowest BCUT2D eigenvalue weighted by Crippen LogP contribution is -2.24. The fourth-order valence-corrected chi connectivity index (χ4v) is 5.58. The number of aryl methyl sites for hydroxylation is 5. The van der Waals surface area contributed by atoms with Crippen molar-refractivity contribution in [1.29, 1.82) is 0 Å². The summed E-state index contributed by atoms with van der Waals surface area (Å²) in [6.45, 7) is 7.83. The van der Waals surface area contributed by atoms with Crippen LogP contribution in [0, 0.1) is 27.7 Å². The van der Waals surface area contributed by atoms with Gasteiger partial charge in [0.05, 0.1) is 5.39 Å². The minimum absolute atomic E-state index is 0.0864. The molecule has 4 rings (SSSR count). The minimum Gasteiger partial charge on any atom is -0.453 e. The van der Waals surface area contributed by atoms with E-state index in [1.165, 1.54) is 11.3 Å². The van der Waals surface area contributed by atoms with Gasteiger partial charge in [-0.05, 0) is 57.2 Å². The van der Waals surface area contributed by atoms with Crippen molar-refractivity contribution in [3.05, 3.63) is 61.0 Å². The third-order valence-corrected chi connectivity index (χ3v) is 7.05. The van der Waals surface area contributed by atoms with Gasteiger partial charge in [-0.15, -0.1) is 11.3 Å². The standard InChI is InChI=1S/C24H26N2O4S/c1-13-10-14(2)19(15(3)11-13)17(27)12-30-24(29)21-16(4)20-22(31-21)25-18-8-6-5-7-9-26(18)23(20)28/h10-11H,5-9,12H2,1-4H3. The molecule has 0 spiro atoms. The number of ether oxygens (including phenoxy) is 1. The first-order valence-corrected chi connectivity index (χ1v) is 11.4. The van der Waals surface area contributed by atoms with Crippen molar-refractivity contribution in [2.24, 2.45) is 0 Å². The summed E-state index contributed by atoms with van der Waals surface area (Å²) >= 11 is 1.17. The SMILES string of the molecule is Cc1cc(C)c(C(=O)COC(=O)c2sc3nc4n(c(=O)c3c2C)CCCCC4)c(C)c1. The van der Waals surface area contributed by atoms with Crippen LogP contribution in [0.25, 0.3) is 10.2 Å². The molecule has 0 amide bonds. The summed E-state index contributed by atoms with van der Waals surface area (Å²) in [5.74, 6) is -0.0282. The van der Waals surface area contributed by atoms with Crippen LogP contribution in [0.1, 0.15) is 67.4 Å². The Labute approximate surface area is 184 Å². The van der Waals surface area contributed by atoms with Crippen LogP contribution in [0.3, 0.4) is 0 Å². The van der Waals surface area contributed by atoms with E-state index < -0.39 is 5.97 Å². The lowest BCUT2D eigenvalue weighted by atomic mass is 9.97. The maximum atomic E-state index is 13.1. The molecule has 2 aromatic heterocycles.